The second-order valence-corrected chi connectivity index (χ2v) is 3.83. The largest absolute Gasteiger partial charge is 0.385 e. The minimum absolute atomic E-state index is 0.0988. The predicted molar refractivity (Wildman–Crippen MR) is 59.7 cm³/mol. The van der Waals surface area contributed by atoms with Crippen LogP contribution >= 0.6 is 0 Å². The third-order valence-electron chi connectivity index (χ3n) is 2.35. The van der Waals surface area contributed by atoms with Crippen molar-refractivity contribution < 1.29 is 23.1 Å². The Morgan fingerprint density at radius 3 is 2.44 bits per heavy atom. The number of rotatable bonds is 6. The molecular weight excluding hydrogens is 247 g/mol. The summed E-state index contributed by atoms with van der Waals surface area (Å²) in [7, 11) is 0. The Labute approximate surface area is 103 Å². The molecule has 0 aliphatic rings. The molecule has 0 aliphatic heterocycles. The second-order valence-electron chi connectivity index (χ2n) is 3.83. The fourth-order valence-corrected chi connectivity index (χ4v) is 1.30. The van der Waals surface area contributed by atoms with Crippen molar-refractivity contribution in [2.24, 2.45) is 0 Å². The van der Waals surface area contributed by atoms with Gasteiger partial charge in [-0.25, -0.2) is 13.2 Å². The molecule has 6 heteroatoms. The summed E-state index contributed by atoms with van der Waals surface area (Å²) in [6.07, 6.45) is -4.24. The van der Waals surface area contributed by atoms with Crippen LogP contribution in [-0.2, 0) is 11.2 Å². The van der Waals surface area contributed by atoms with Gasteiger partial charge in [-0.1, -0.05) is 12.1 Å². The van der Waals surface area contributed by atoms with Gasteiger partial charge in [-0.3, -0.25) is 4.79 Å². The van der Waals surface area contributed by atoms with E-state index in [0.717, 1.165) is 5.56 Å². The minimum atomic E-state index is -2.87. The van der Waals surface area contributed by atoms with Gasteiger partial charge >= 0.3 is 0 Å². The molecular formula is C12H14F3NO2. The van der Waals surface area contributed by atoms with Crippen LogP contribution in [0.25, 0.3) is 0 Å². The first-order valence-corrected chi connectivity index (χ1v) is 5.46. The van der Waals surface area contributed by atoms with Gasteiger partial charge in [0.1, 0.15) is 11.9 Å². The fourth-order valence-electron chi connectivity index (χ4n) is 1.30. The molecule has 0 heterocycles. The highest BCUT2D eigenvalue weighted by Crippen LogP contribution is 2.05. The van der Waals surface area contributed by atoms with Crippen molar-refractivity contribution in [3.05, 3.63) is 35.6 Å². The molecule has 1 rings (SSSR count). The first-order valence-electron chi connectivity index (χ1n) is 5.46. The molecule has 1 aromatic carbocycles. The third-order valence-corrected chi connectivity index (χ3v) is 2.35. The number of carbonyl (C=O) groups is 1. The van der Waals surface area contributed by atoms with Gasteiger partial charge in [0.25, 0.3) is 6.43 Å². The predicted octanol–water partition coefficient (Wildman–Crippen LogP) is 1.50. The van der Waals surface area contributed by atoms with E-state index in [-0.39, 0.29) is 12.2 Å². The van der Waals surface area contributed by atoms with Gasteiger partial charge in [0.05, 0.1) is 0 Å². The van der Waals surface area contributed by atoms with E-state index < -0.39 is 25.0 Å². The molecule has 2 N–H and O–H groups in total. The number of nitrogens with one attached hydrogen (secondary N) is 1. The van der Waals surface area contributed by atoms with Crippen LogP contribution in [0.5, 0.6) is 0 Å². The van der Waals surface area contributed by atoms with Gasteiger partial charge in [0, 0.05) is 13.0 Å². The molecule has 0 bridgehead atoms. The molecule has 1 unspecified atom stereocenters. The molecule has 100 valence electrons. The van der Waals surface area contributed by atoms with Crippen molar-refractivity contribution in [1.82, 2.24) is 5.32 Å². The molecule has 0 saturated heterocycles. The number of halogens is 3. The summed E-state index contributed by atoms with van der Waals surface area (Å²) in [4.78, 5) is 11.3. The highest BCUT2D eigenvalue weighted by atomic mass is 19.3. The van der Waals surface area contributed by atoms with E-state index in [1.807, 2.05) is 0 Å². The molecule has 0 radical (unpaired) electrons. The third kappa shape index (κ3) is 5.18. The van der Waals surface area contributed by atoms with E-state index in [1.54, 1.807) is 12.1 Å². The van der Waals surface area contributed by atoms with Crippen LogP contribution < -0.4 is 5.32 Å². The molecule has 18 heavy (non-hydrogen) atoms. The topological polar surface area (TPSA) is 49.3 Å². The number of aliphatic hydroxyl groups excluding tert-OH is 1. The summed E-state index contributed by atoms with van der Waals surface area (Å²) in [5.41, 5.74) is 0.779. The number of aryl methyl sites for hydroxylation is 1. The maximum absolute atomic E-state index is 12.6. The highest BCUT2D eigenvalue weighted by molar-refractivity contribution is 5.76. The van der Waals surface area contributed by atoms with Crippen molar-refractivity contribution in [2.45, 2.75) is 25.4 Å². The van der Waals surface area contributed by atoms with Crippen LogP contribution in [0.15, 0.2) is 24.3 Å². The number of benzene rings is 1. The first-order chi connectivity index (χ1) is 8.49. The molecule has 3 nitrogen and oxygen atoms in total. The second kappa shape index (κ2) is 7.00. The summed E-state index contributed by atoms with van der Waals surface area (Å²) < 4.78 is 36.5. The quantitative estimate of drug-likeness (QED) is 0.815. The van der Waals surface area contributed by atoms with E-state index in [4.69, 9.17) is 5.11 Å². The Morgan fingerprint density at radius 2 is 1.89 bits per heavy atom. The van der Waals surface area contributed by atoms with Gasteiger partial charge in [0.15, 0.2) is 0 Å². The van der Waals surface area contributed by atoms with Gasteiger partial charge in [-0.15, -0.1) is 0 Å². The number of aliphatic hydroxyl groups is 1. The molecule has 1 atom stereocenters. The summed E-state index contributed by atoms with van der Waals surface area (Å²) in [5.74, 6) is -0.790. The Hall–Kier alpha value is -1.56. The van der Waals surface area contributed by atoms with Crippen molar-refractivity contribution >= 4 is 5.91 Å². The summed E-state index contributed by atoms with van der Waals surface area (Å²) in [5, 5.41) is 11.0. The van der Waals surface area contributed by atoms with E-state index in [0.29, 0.717) is 6.42 Å². The average molecular weight is 261 g/mol. The Bertz CT molecular complexity index is 381. The molecule has 0 saturated carbocycles. The zero-order valence-electron chi connectivity index (χ0n) is 9.57. The van der Waals surface area contributed by atoms with Gasteiger partial charge in [-0.05, 0) is 24.1 Å². The van der Waals surface area contributed by atoms with Crippen LogP contribution in [0, 0.1) is 5.82 Å². The van der Waals surface area contributed by atoms with E-state index >= 15 is 0 Å². The Morgan fingerprint density at radius 1 is 1.28 bits per heavy atom. The van der Waals surface area contributed by atoms with E-state index in [1.165, 1.54) is 12.1 Å². The maximum atomic E-state index is 12.6. The van der Waals surface area contributed by atoms with Crippen LogP contribution in [0.3, 0.4) is 0 Å². The average Bonchev–Trinajstić information content (AvgIpc) is 2.35. The lowest BCUT2D eigenvalue weighted by Gasteiger charge is -2.10. The molecule has 0 spiro atoms. The molecule has 0 aliphatic carbocycles. The first kappa shape index (κ1) is 14.5. The number of hydrogen-bond acceptors (Lipinski definition) is 2. The lowest BCUT2D eigenvalue weighted by Crippen LogP contribution is -2.35. The van der Waals surface area contributed by atoms with E-state index in [2.05, 4.69) is 5.32 Å². The number of alkyl halides is 2. The maximum Gasteiger partial charge on any atom is 0.265 e. The van der Waals surface area contributed by atoms with Gasteiger partial charge in [0.2, 0.25) is 5.91 Å². The smallest absolute Gasteiger partial charge is 0.265 e. The zero-order valence-corrected chi connectivity index (χ0v) is 9.57. The number of amides is 1. The molecule has 1 amide bonds. The Balaban J connectivity index is 2.27. The molecule has 1 aromatic rings. The minimum Gasteiger partial charge on any atom is -0.385 e. The highest BCUT2D eigenvalue weighted by Gasteiger charge is 2.17. The van der Waals surface area contributed by atoms with Crippen molar-refractivity contribution in [3.63, 3.8) is 0 Å². The molecule has 0 aromatic heterocycles. The zero-order chi connectivity index (χ0) is 13.5. The standard InChI is InChI=1S/C12H14F3NO2/c13-9-4-1-8(2-5-9)3-6-11(18)16-7-10(17)12(14)15/h1-2,4-5,10,12,17H,3,6-7H2,(H,16,18). The van der Waals surface area contributed by atoms with Crippen LogP contribution in [-0.4, -0.2) is 30.1 Å². The van der Waals surface area contributed by atoms with Crippen molar-refractivity contribution in [3.8, 4) is 0 Å². The molecule has 0 fully saturated rings. The number of hydrogen-bond donors (Lipinski definition) is 2. The lowest BCUT2D eigenvalue weighted by atomic mass is 10.1. The summed E-state index contributed by atoms with van der Waals surface area (Å²) in [6, 6.07) is 5.68. The van der Waals surface area contributed by atoms with E-state index in [9.17, 15) is 18.0 Å². The van der Waals surface area contributed by atoms with Crippen molar-refractivity contribution in [1.29, 1.82) is 0 Å². The van der Waals surface area contributed by atoms with Crippen molar-refractivity contribution in [2.75, 3.05) is 6.54 Å². The Kier molecular flexibility index (Phi) is 5.64. The SMILES string of the molecule is O=C(CCc1ccc(F)cc1)NCC(O)C(F)F. The van der Waals surface area contributed by atoms with Crippen LogP contribution in [0.4, 0.5) is 13.2 Å². The fraction of sp³-hybridized carbons (Fsp3) is 0.417. The number of carbonyl (C=O) groups excluding carboxylic acids is 1. The van der Waals surface area contributed by atoms with Crippen LogP contribution in [0.1, 0.15) is 12.0 Å². The monoisotopic (exact) mass is 261 g/mol. The van der Waals surface area contributed by atoms with Crippen LogP contribution in [0.2, 0.25) is 0 Å². The summed E-state index contributed by atoms with van der Waals surface area (Å²) in [6.45, 7) is -0.472. The van der Waals surface area contributed by atoms with Gasteiger partial charge < -0.3 is 10.4 Å². The summed E-state index contributed by atoms with van der Waals surface area (Å²) >= 11 is 0. The lowest BCUT2D eigenvalue weighted by molar-refractivity contribution is -0.122. The normalized spacial score (nSPS) is 12.5. The van der Waals surface area contributed by atoms with Gasteiger partial charge in [-0.2, -0.15) is 0 Å².